The fourth-order valence-corrected chi connectivity index (χ4v) is 3.61. The van der Waals surface area contributed by atoms with E-state index in [9.17, 15) is 14.3 Å². The number of amides is 1. The van der Waals surface area contributed by atoms with Crippen molar-refractivity contribution < 1.29 is 28.3 Å². The Labute approximate surface area is 152 Å². The van der Waals surface area contributed by atoms with Crippen LogP contribution in [0.5, 0.6) is 5.75 Å². The first kappa shape index (κ1) is 20.0. The minimum absolute atomic E-state index is 0.0289. The summed E-state index contributed by atoms with van der Waals surface area (Å²) in [6.45, 7) is 1.68. The molecule has 140 valence electrons. The van der Waals surface area contributed by atoms with Gasteiger partial charge in [-0.15, -0.1) is 0 Å². The Morgan fingerprint density at radius 3 is 2.38 bits per heavy atom. The third-order valence-corrected chi connectivity index (χ3v) is 5.25. The van der Waals surface area contributed by atoms with Gasteiger partial charge in [0.25, 0.3) is 0 Å². The first-order valence-corrected chi connectivity index (χ1v) is 9.69. The lowest BCUT2D eigenvalue weighted by Crippen LogP contribution is -2.29. The maximum Gasteiger partial charge on any atom is 0.408 e. The van der Waals surface area contributed by atoms with Gasteiger partial charge in [-0.05, 0) is 30.2 Å². The first-order chi connectivity index (χ1) is 12.5. The predicted molar refractivity (Wildman–Crippen MR) is 96.9 cm³/mol. The molecule has 2 aromatic rings. The van der Waals surface area contributed by atoms with Gasteiger partial charge in [-0.3, -0.25) is 4.57 Å². The number of methoxy groups -OCH3 is 1. The summed E-state index contributed by atoms with van der Waals surface area (Å²) in [4.78, 5) is 22.3. The minimum Gasteiger partial charge on any atom is -0.497 e. The zero-order valence-corrected chi connectivity index (χ0v) is 15.5. The molecule has 2 N–H and O–H groups in total. The lowest BCUT2D eigenvalue weighted by atomic mass is 10.2. The molecule has 0 fully saturated rings. The van der Waals surface area contributed by atoms with Crippen LogP contribution in [0.1, 0.15) is 23.8 Å². The van der Waals surface area contributed by atoms with Crippen molar-refractivity contribution >= 4 is 13.7 Å². The highest BCUT2D eigenvalue weighted by Crippen LogP contribution is 2.55. The van der Waals surface area contributed by atoms with Crippen LogP contribution in [0.4, 0.5) is 4.79 Å². The Bertz CT molecular complexity index is 750. The number of carbonyl (C=O) groups excluding carboxylic acids is 1. The van der Waals surface area contributed by atoms with Crippen LogP contribution in [-0.2, 0) is 20.4 Å². The largest absolute Gasteiger partial charge is 0.497 e. The molecular formula is C18H22NO6P. The van der Waals surface area contributed by atoms with Gasteiger partial charge in [0.1, 0.15) is 12.4 Å². The third kappa shape index (κ3) is 5.59. The Morgan fingerprint density at radius 2 is 1.81 bits per heavy atom. The Kier molecular flexibility index (Phi) is 7.21. The van der Waals surface area contributed by atoms with Crippen LogP contribution < -0.4 is 10.1 Å². The van der Waals surface area contributed by atoms with Gasteiger partial charge >= 0.3 is 13.7 Å². The summed E-state index contributed by atoms with van der Waals surface area (Å²) in [7, 11) is -2.63. The van der Waals surface area contributed by atoms with Crippen molar-refractivity contribution in [3.63, 3.8) is 0 Å². The third-order valence-electron chi connectivity index (χ3n) is 3.54. The molecule has 0 aliphatic heterocycles. The lowest BCUT2D eigenvalue weighted by molar-refractivity contribution is 0.136. The van der Waals surface area contributed by atoms with Gasteiger partial charge < -0.3 is 24.2 Å². The molecule has 0 aromatic heterocycles. The molecule has 0 spiro atoms. The average Bonchev–Trinajstić information content (AvgIpc) is 2.65. The second-order valence-electron chi connectivity index (χ2n) is 5.36. The summed E-state index contributed by atoms with van der Waals surface area (Å²) < 4.78 is 27.7. The highest BCUT2D eigenvalue weighted by molar-refractivity contribution is 7.53. The number of carbonyl (C=O) groups is 1. The van der Waals surface area contributed by atoms with Gasteiger partial charge in [-0.2, -0.15) is 0 Å². The zero-order chi connectivity index (χ0) is 19.0. The molecule has 2 unspecified atom stereocenters. The molecule has 2 rings (SSSR count). The normalized spacial score (nSPS) is 14.1. The molecule has 0 bridgehead atoms. The Hall–Kier alpha value is -2.34. The standard InChI is InChI=1S/C18H22NO6P/c1-3-25-26(21,22)17(15-9-11-16(23-2)12-10-15)19-18(20)24-13-14-7-5-4-6-8-14/h4-12,17H,3,13H2,1-2H3,(H,19,20)(H,21,22). The van der Waals surface area contributed by atoms with Crippen molar-refractivity contribution in [1.82, 2.24) is 5.32 Å². The van der Waals surface area contributed by atoms with Crippen molar-refractivity contribution in [2.75, 3.05) is 13.7 Å². The summed E-state index contributed by atoms with van der Waals surface area (Å²) >= 11 is 0. The number of benzene rings is 2. The van der Waals surface area contributed by atoms with Crippen molar-refractivity contribution in [3.05, 3.63) is 65.7 Å². The molecule has 8 heteroatoms. The molecule has 0 aliphatic rings. The predicted octanol–water partition coefficient (Wildman–Crippen LogP) is 3.84. The zero-order valence-electron chi connectivity index (χ0n) is 14.6. The number of ether oxygens (including phenoxy) is 2. The Balaban J connectivity index is 2.12. The van der Waals surface area contributed by atoms with E-state index in [1.807, 2.05) is 30.3 Å². The second-order valence-corrected chi connectivity index (χ2v) is 7.27. The summed E-state index contributed by atoms with van der Waals surface area (Å²) in [5.74, 6) is -0.667. The molecule has 2 aromatic carbocycles. The van der Waals surface area contributed by atoms with Crippen LogP contribution in [-0.4, -0.2) is 24.7 Å². The minimum atomic E-state index is -4.15. The summed E-state index contributed by atoms with van der Waals surface area (Å²) in [5.41, 5.74) is 1.21. The topological polar surface area (TPSA) is 94.1 Å². The van der Waals surface area contributed by atoms with Gasteiger partial charge in [-0.1, -0.05) is 42.5 Å². The van der Waals surface area contributed by atoms with Crippen molar-refractivity contribution in [3.8, 4) is 5.75 Å². The fourth-order valence-electron chi connectivity index (χ4n) is 2.28. The van der Waals surface area contributed by atoms with Gasteiger partial charge in [0, 0.05) is 0 Å². The number of hydrogen-bond acceptors (Lipinski definition) is 5. The van der Waals surface area contributed by atoms with E-state index in [0.29, 0.717) is 11.3 Å². The number of alkyl carbamates (subject to hydrolysis) is 1. The van der Waals surface area contributed by atoms with E-state index >= 15 is 0 Å². The summed E-state index contributed by atoms with van der Waals surface area (Å²) in [5, 5.41) is 2.43. The molecule has 0 radical (unpaired) electrons. The van der Waals surface area contributed by atoms with Crippen LogP contribution in [0.25, 0.3) is 0 Å². The number of nitrogens with one attached hydrogen (secondary N) is 1. The van der Waals surface area contributed by atoms with E-state index < -0.39 is 19.5 Å². The summed E-state index contributed by atoms with van der Waals surface area (Å²) in [6.07, 6.45) is -0.816. The first-order valence-electron chi connectivity index (χ1n) is 8.04. The van der Waals surface area contributed by atoms with Crippen molar-refractivity contribution in [2.24, 2.45) is 0 Å². The van der Waals surface area contributed by atoms with Crippen molar-refractivity contribution in [2.45, 2.75) is 19.3 Å². The summed E-state index contributed by atoms with van der Waals surface area (Å²) in [6, 6.07) is 15.6. The van der Waals surface area contributed by atoms with E-state index in [0.717, 1.165) is 5.56 Å². The van der Waals surface area contributed by atoms with E-state index in [-0.39, 0.29) is 13.2 Å². The van der Waals surface area contributed by atoms with Gasteiger partial charge in [0.2, 0.25) is 0 Å². The van der Waals surface area contributed by atoms with E-state index in [1.165, 1.54) is 7.11 Å². The molecule has 0 heterocycles. The molecule has 0 saturated heterocycles. The van der Waals surface area contributed by atoms with Crippen LogP contribution in [0, 0.1) is 0 Å². The maximum absolute atomic E-state index is 12.5. The molecule has 1 amide bonds. The molecule has 2 atom stereocenters. The SMILES string of the molecule is CCOP(=O)(O)C(NC(=O)OCc1ccccc1)c1ccc(OC)cc1. The van der Waals surface area contributed by atoms with E-state index in [1.54, 1.807) is 31.2 Å². The molecule has 0 aliphatic carbocycles. The fraction of sp³-hybridized carbons (Fsp3) is 0.278. The quantitative estimate of drug-likeness (QED) is 0.677. The van der Waals surface area contributed by atoms with Crippen LogP contribution in [0.15, 0.2) is 54.6 Å². The van der Waals surface area contributed by atoms with Gasteiger partial charge in [0.05, 0.1) is 13.7 Å². The van der Waals surface area contributed by atoms with Gasteiger partial charge in [0.15, 0.2) is 5.78 Å². The number of hydrogen-bond donors (Lipinski definition) is 2. The monoisotopic (exact) mass is 379 g/mol. The molecular weight excluding hydrogens is 357 g/mol. The molecule has 0 saturated carbocycles. The molecule has 7 nitrogen and oxygen atoms in total. The van der Waals surface area contributed by atoms with E-state index in [4.69, 9.17) is 14.0 Å². The van der Waals surface area contributed by atoms with E-state index in [2.05, 4.69) is 5.32 Å². The average molecular weight is 379 g/mol. The highest BCUT2D eigenvalue weighted by atomic mass is 31.2. The van der Waals surface area contributed by atoms with Crippen LogP contribution in [0.3, 0.4) is 0 Å². The highest BCUT2D eigenvalue weighted by Gasteiger charge is 2.35. The van der Waals surface area contributed by atoms with Crippen LogP contribution >= 0.6 is 7.60 Å². The Morgan fingerprint density at radius 1 is 1.15 bits per heavy atom. The van der Waals surface area contributed by atoms with Crippen LogP contribution in [0.2, 0.25) is 0 Å². The molecule has 26 heavy (non-hydrogen) atoms. The van der Waals surface area contributed by atoms with Crippen molar-refractivity contribution in [1.29, 1.82) is 0 Å². The number of rotatable bonds is 8. The smallest absolute Gasteiger partial charge is 0.408 e. The second kappa shape index (κ2) is 9.38. The maximum atomic E-state index is 12.5. The van der Waals surface area contributed by atoms with Gasteiger partial charge in [-0.25, -0.2) is 4.79 Å². The lowest BCUT2D eigenvalue weighted by Gasteiger charge is -2.23.